The molecule has 156 valence electrons. The number of thioether (sulfide) groups is 1. The van der Waals surface area contributed by atoms with Crippen molar-refractivity contribution in [2.75, 3.05) is 16.4 Å². The highest BCUT2D eigenvalue weighted by atomic mass is 32.2. The Morgan fingerprint density at radius 2 is 1.77 bits per heavy atom. The van der Waals surface area contributed by atoms with Gasteiger partial charge in [0.25, 0.3) is 5.91 Å². The van der Waals surface area contributed by atoms with Crippen molar-refractivity contribution in [3.05, 3.63) is 59.9 Å². The molecule has 7 nitrogen and oxygen atoms in total. The van der Waals surface area contributed by atoms with Gasteiger partial charge in [0, 0.05) is 11.3 Å². The number of benzene rings is 2. The van der Waals surface area contributed by atoms with Gasteiger partial charge in [0.05, 0.1) is 11.9 Å². The van der Waals surface area contributed by atoms with Crippen LogP contribution in [0, 0.1) is 5.82 Å². The summed E-state index contributed by atoms with van der Waals surface area (Å²) in [6.45, 7) is 3.86. The summed E-state index contributed by atoms with van der Waals surface area (Å²) >= 11 is 2.37. The Morgan fingerprint density at radius 1 is 1.07 bits per heavy atom. The summed E-state index contributed by atoms with van der Waals surface area (Å²) in [6, 6.07) is 12.3. The van der Waals surface area contributed by atoms with Gasteiger partial charge < -0.3 is 10.1 Å². The fourth-order valence-corrected chi connectivity index (χ4v) is 3.85. The molecule has 3 aromatic rings. The topological polar surface area (TPSA) is 93.2 Å². The van der Waals surface area contributed by atoms with Crippen LogP contribution < -0.4 is 15.4 Å². The van der Waals surface area contributed by atoms with Gasteiger partial charge in [-0.2, -0.15) is 0 Å². The van der Waals surface area contributed by atoms with E-state index in [0.717, 1.165) is 0 Å². The maximum absolute atomic E-state index is 12.9. The van der Waals surface area contributed by atoms with Crippen LogP contribution in [0.5, 0.6) is 5.75 Å². The van der Waals surface area contributed by atoms with E-state index in [2.05, 4.69) is 20.8 Å². The van der Waals surface area contributed by atoms with E-state index in [1.807, 2.05) is 13.8 Å². The van der Waals surface area contributed by atoms with Crippen molar-refractivity contribution in [2.45, 2.75) is 24.3 Å². The van der Waals surface area contributed by atoms with Crippen LogP contribution in [0.3, 0.4) is 0 Å². The van der Waals surface area contributed by atoms with E-state index >= 15 is 0 Å². The summed E-state index contributed by atoms with van der Waals surface area (Å²) in [5.74, 6) is -0.137. The number of aromatic nitrogens is 2. The number of nitrogens with one attached hydrogen (secondary N) is 2. The number of rotatable bonds is 8. The van der Waals surface area contributed by atoms with Gasteiger partial charge in [-0.1, -0.05) is 23.1 Å². The van der Waals surface area contributed by atoms with Gasteiger partial charge in [-0.25, -0.2) is 4.39 Å². The Kier molecular flexibility index (Phi) is 7.36. The number of ether oxygens (including phenoxy) is 1. The molecule has 1 aromatic heterocycles. The van der Waals surface area contributed by atoms with E-state index in [1.165, 1.54) is 47.4 Å². The summed E-state index contributed by atoms with van der Waals surface area (Å²) in [6.07, 6.45) is 0.0553. The molecule has 0 aliphatic carbocycles. The lowest BCUT2D eigenvalue weighted by Gasteiger charge is -2.09. The Hall–Kier alpha value is -2.98. The van der Waals surface area contributed by atoms with Gasteiger partial charge in [0.1, 0.15) is 11.6 Å². The maximum Gasteiger partial charge on any atom is 0.257 e. The minimum atomic E-state index is -0.370. The highest BCUT2D eigenvalue weighted by Crippen LogP contribution is 2.26. The summed E-state index contributed by atoms with van der Waals surface area (Å²) in [4.78, 5) is 24.3. The quantitative estimate of drug-likeness (QED) is 0.392. The van der Waals surface area contributed by atoms with Crippen molar-refractivity contribution >= 4 is 45.7 Å². The van der Waals surface area contributed by atoms with E-state index in [1.54, 1.807) is 24.3 Å². The predicted octanol–water partition coefficient (Wildman–Crippen LogP) is 4.45. The fraction of sp³-hybridized carbons (Fsp3) is 0.200. The van der Waals surface area contributed by atoms with Crippen LogP contribution in [0.2, 0.25) is 0 Å². The van der Waals surface area contributed by atoms with Crippen molar-refractivity contribution in [2.24, 2.45) is 0 Å². The predicted molar refractivity (Wildman–Crippen MR) is 116 cm³/mol. The molecule has 10 heteroatoms. The number of carbonyl (C=O) groups excluding carboxylic acids is 2. The van der Waals surface area contributed by atoms with Gasteiger partial charge in [0.15, 0.2) is 4.34 Å². The number of carbonyl (C=O) groups is 2. The van der Waals surface area contributed by atoms with E-state index in [-0.39, 0.29) is 29.5 Å². The number of hydrogen-bond acceptors (Lipinski definition) is 7. The van der Waals surface area contributed by atoms with E-state index < -0.39 is 0 Å². The molecule has 0 saturated heterocycles. The van der Waals surface area contributed by atoms with Crippen LogP contribution in [0.4, 0.5) is 15.2 Å². The van der Waals surface area contributed by atoms with E-state index in [0.29, 0.717) is 26.5 Å². The smallest absolute Gasteiger partial charge is 0.257 e. The van der Waals surface area contributed by atoms with Gasteiger partial charge >= 0.3 is 0 Å². The highest BCUT2D eigenvalue weighted by Gasteiger charge is 2.12. The Labute approximate surface area is 181 Å². The minimum absolute atomic E-state index is 0.0553. The zero-order valence-electron chi connectivity index (χ0n) is 16.2. The van der Waals surface area contributed by atoms with Crippen LogP contribution in [-0.4, -0.2) is 33.9 Å². The van der Waals surface area contributed by atoms with Crippen molar-refractivity contribution in [1.29, 1.82) is 0 Å². The fourth-order valence-electron chi connectivity index (χ4n) is 2.30. The molecule has 0 atom stereocenters. The molecule has 0 fully saturated rings. The summed E-state index contributed by atoms with van der Waals surface area (Å²) in [5.41, 5.74) is 0.978. The first-order valence-electron chi connectivity index (χ1n) is 8.99. The first kappa shape index (κ1) is 21.7. The number of anilines is 2. The third kappa shape index (κ3) is 6.53. The average molecular weight is 447 g/mol. The number of halogens is 1. The summed E-state index contributed by atoms with van der Waals surface area (Å²) < 4.78 is 19.0. The molecule has 0 unspecified atom stereocenters. The van der Waals surface area contributed by atoms with Crippen LogP contribution in [0.1, 0.15) is 24.2 Å². The molecular formula is C20H19FN4O3S2. The first-order chi connectivity index (χ1) is 14.4. The zero-order valence-corrected chi connectivity index (χ0v) is 17.8. The van der Waals surface area contributed by atoms with Crippen LogP contribution in [0.15, 0.2) is 52.9 Å². The molecular weight excluding hydrogens is 427 g/mol. The molecule has 0 radical (unpaired) electrons. The van der Waals surface area contributed by atoms with Crippen LogP contribution in [-0.2, 0) is 4.79 Å². The second kappa shape index (κ2) is 10.2. The highest BCUT2D eigenvalue weighted by molar-refractivity contribution is 8.01. The second-order valence-electron chi connectivity index (χ2n) is 6.36. The SMILES string of the molecule is CC(C)Oc1ccc(C(=O)Nc2nnc(SCC(=O)Nc3ccc(F)cc3)s2)cc1. The monoisotopic (exact) mass is 446 g/mol. The Balaban J connectivity index is 1.49. The number of nitrogens with zero attached hydrogens (tertiary/aromatic N) is 2. The standard InChI is InChI=1S/C20H19FN4O3S2/c1-12(2)28-16-9-3-13(4-10-16)18(27)23-19-24-25-20(30-19)29-11-17(26)22-15-7-5-14(21)6-8-15/h3-10,12H,11H2,1-2H3,(H,22,26)(H,23,24,27). The van der Waals surface area contributed by atoms with Gasteiger partial charge in [-0.15, -0.1) is 10.2 Å². The van der Waals surface area contributed by atoms with Gasteiger partial charge in [-0.05, 0) is 62.4 Å². The molecule has 2 aromatic carbocycles. The molecule has 0 aliphatic heterocycles. The molecule has 1 heterocycles. The maximum atomic E-state index is 12.9. The molecule has 0 spiro atoms. The molecule has 0 aliphatic rings. The Morgan fingerprint density at radius 3 is 2.43 bits per heavy atom. The lowest BCUT2D eigenvalue weighted by Crippen LogP contribution is -2.13. The molecule has 2 amide bonds. The van der Waals surface area contributed by atoms with Crippen molar-refractivity contribution in [1.82, 2.24) is 10.2 Å². The van der Waals surface area contributed by atoms with Crippen molar-refractivity contribution in [3.63, 3.8) is 0 Å². The lowest BCUT2D eigenvalue weighted by molar-refractivity contribution is -0.113. The van der Waals surface area contributed by atoms with Crippen LogP contribution in [0.25, 0.3) is 0 Å². The minimum Gasteiger partial charge on any atom is -0.491 e. The van der Waals surface area contributed by atoms with Crippen molar-refractivity contribution in [3.8, 4) is 5.75 Å². The normalized spacial score (nSPS) is 10.7. The molecule has 3 rings (SSSR count). The molecule has 0 saturated carbocycles. The van der Waals surface area contributed by atoms with E-state index in [4.69, 9.17) is 4.74 Å². The first-order valence-corrected chi connectivity index (χ1v) is 10.8. The average Bonchev–Trinajstić information content (AvgIpc) is 3.15. The zero-order chi connectivity index (χ0) is 21.5. The summed E-state index contributed by atoms with van der Waals surface area (Å²) in [5, 5.41) is 13.6. The molecule has 2 N–H and O–H groups in total. The lowest BCUT2D eigenvalue weighted by atomic mass is 10.2. The largest absolute Gasteiger partial charge is 0.491 e. The third-order valence-corrected chi connectivity index (χ3v) is 5.54. The van der Waals surface area contributed by atoms with Gasteiger partial charge in [-0.3, -0.25) is 14.9 Å². The number of amides is 2. The van der Waals surface area contributed by atoms with E-state index in [9.17, 15) is 14.0 Å². The van der Waals surface area contributed by atoms with Gasteiger partial charge in [0.2, 0.25) is 11.0 Å². The molecule has 30 heavy (non-hydrogen) atoms. The third-order valence-electron chi connectivity index (χ3n) is 3.57. The molecule has 0 bridgehead atoms. The number of hydrogen-bond donors (Lipinski definition) is 2. The van der Waals surface area contributed by atoms with Crippen LogP contribution >= 0.6 is 23.1 Å². The summed E-state index contributed by atoms with van der Waals surface area (Å²) in [7, 11) is 0. The van der Waals surface area contributed by atoms with Crippen molar-refractivity contribution < 1.29 is 18.7 Å². The Bertz CT molecular complexity index is 1010. The second-order valence-corrected chi connectivity index (χ2v) is 8.56.